The van der Waals surface area contributed by atoms with E-state index in [2.05, 4.69) is 56.5 Å². The van der Waals surface area contributed by atoms with E-state index in [0.29, 0.717) is 6.04 Å². The SMILES string of the molecule is Cc1cccc(NCCNC(C)C)c1C. The van der Waals surface area contributed by atoms with Crippen LogP contribution in [0.15, 0.2) is 18.2 Å². The van der Waals surface area contributed by atoms with Gasteiger partial charge in [-0.15, -0.1) is 0 Å². The van der Waals surface area contributed by atoms with Gasteiger partial charge in [0.2, 0.25) is 0 Å². The van der Waals surface area contributed by atoms with Gasteiger partial charge in [0.1, 0.15) is 0 Å². The van der Waals surface area contributed by atoms with Crippen molar-refractivity contribution in [3.05, 3.63) is 29.3 Å². The van der Waals surface area contributed by atoms with E-state index in [4.69, 9.17) is 0 Å². The zero-order chi connectivity index (χ0) is 11.3. The largest absolute Gasteiger partial charge is 0.384 e. The van der Waals surface area contributed by atoms with E-state index in [1.54, 1.807) is 0 Å². The van der Waals surface area contributed by atoms with Crippen LogP contribution in [0.25, 0.3) is 0 Å². The standard InChI is InChI=1S/C13H22N2/c1-10(2)14-8-9-15-13-7-5-6-11(3)12(13)4/h5-7,10,14-15H,8-9H2,1-4H3. The molecule has 0 atom stereocenters. The van der Waals surface area contributed by atoms with E-state index in [0.717, 1.165) is 13.1 Å². The summed E-state index contributed by atoms with van der Waals surface area (Å²) in [7, 11) is 0. The highest BCUT2D eigenvalue weighted by Gasteiger charge is 1.99. The van der Waals surface area contributed by atoms with Gasteiger partial charge in [-0.1, -0.05) is 26.0 Å². The van der Waals surface area contributed by atoms with Crippen molar-refractivity contribution in [2.45, 2.75) is 33.7 Å². The third kappa shape index (κ3) is 3.92. The Bertz CT molecular complexity index is 305. The van der Waals surface area contributed by atoms with Crippen molar-refractivity contribution in [2.24, 2.45) is 0 Å². The second-order valence-corrected chi connectivity index (χ2v) is 4.28. The summed E-state index contributed by atoms with van der Waals surface area (Å²) >= 11 is 0. The Morgan fingerprint density at radius 1 is 1.13 bits per heavy atom. The summed E-state index contributed by atoms with van der Waals surface area (Å²) < 4.78 is 0. The molecule has 2 nitrogen and oxygen atoms in total. The monoisotopic (exact) mass is 206 g/mol. The lowest BCUT2D eigenvalue weighted by Crippen LogP contribution is -2.28. The first-order chi connectivity index (χ1) is 7.11. The summed E-state index contributed by atoms with van der Waals surface area (Å²) in [5.41, 5.74) is 3.94. The number of anilines is 1. The maximum Gasteiger partial charge on any atom is 0.0372 e. The van der Waals surface area contributed by atoms with Crippen molar-refractivity contribution in [2.75, 3.05) is 18.4 Å². The molecule has 0 aliphatic rings. The average molecular weight is 206 g/mol. The van der Waals surface area contributed by atoms with Crippen LogP contribution in [0.4, 0.5) is 5.69 Å². The molecule has 2 heteroatoms. The Balaban J connectivity index is 2.41. The average Bonchev–Trinajstić information content (AvgIpc) is 2.18. The van der Waals surface area contributed by atoms with Crippen LogP contribution in [0.1, 0.15) is 25.0 Å². The van der Waals surface area contributed by atoms with Crippen molar-refractivity contribution >= 4 is 5.69 Å². The first-order valence-corrected chi connectivity index (χ1v) is 5.64. The van der Waals surface area contributed by atoms with Crippen molar-refractivity contribution in [1.82, 2.24) is 5.32 Å². The smallest absolute Gasteiger partial charge is 0.0372 e. The number of benzene rings is 1. The van der Waals surface area contributed by atoms with Gasteiger partial charge in [0.15, 0.2) is 0 Å². The Hall–Kier alpha value is -1.02. The first kappa shape index (κ1) is 12.1. The summed E-state index contributed by atoms with van der Waals surface area (Å²) in [6, 6.07) is 6.94. The first-order valence-electron chi connectivity index (χ1n) is 5.64. The molecule has 0 fully saturated rings. The molecule has 0 aliphatic carbocycles. The predicted octanol–water partition coefficient (Wildman–Crippen LogP) is 2.71. The zero-order valence-electron chi connectivity index (χ0n) is 10.2. The van der Waals surface area contributed by atoms with E-state index in [1.165, 1.54) is 16.8 Å². The number of aryl methyl sites for hydroxylation is 1. The van der Waals surface area contributed by atoms with Gasteiger partial charge in [-0.3, -0.25) is 0 Å². The molecule has 1 rings (SSSR count). The quantitative estimate of drug-likeness (QED) is 0.724. The highest BCUT2D eigenvalue weighted by atomic mass is 15.0. The molecule has 0 spiro atoms. The topological polar surface area (TPSA) is 24.1 Å². The molecule has 0 aliphatic heterocycles. The van der Waals surface area contributed by atoms with Crippen LogP contribution in [0, 0.1) is 13.8 Å². The molecule has 0 aromatic heterocycles. The molecule has 2 N–H and O–H groups in total. The molecule has 0 bridgehead atoms. The van der Waals surface area contributed by atoms with Crippen LogP contribution in [-0.2, 0) is 0 Å². The molecule has 1 aromatic rings. The number of rotatable bonds is 5. The van der Waals surface area contributed by atoms with Gasteiger partial charge in [0.05, 0.1) is 0 Å². The number of hydrogen-bond acceptors (Lipinski definition) is 2. The summed E-state index contributed by atoms with van der Waals surface area (Å²) in [5.74, 6) is 0. The minimum atomic E-state index is 0.561. The highest BCUT2D eigenvalue weighted by Crippen LogP contribution is 2.17. The molecular formula is C13H22N2. The van der Waals surface area contributed by atoms with Gasteiger partial charge in [0.25, 0.3) is 0 Å². The lowest BCUT2D eigenvalue weighted by Gasteiger charge is -2.13. The van der Waals surface area contributed by atoms with Gasteiger partial charge < -0.3 is 10.6 Å². The fraction of sp³-hybridized carbons (Fsp3) is 0.538. The van der Waals surface area contributed by atoms with Gasteiger partial charge in [-0.25, -0.2) is 0 Å². The van der Waals surface area contributed by atoms with E-state index in [-0.39, 0.29) is 0 Å². The second kappa shape index (κ2) is 5.76. The zero-order valence-corrected chi connectivity index (χ0v) is 10.2. The fourth-order valence-corrected chi connectivity index (χ4v) is 1.50. The molecule has 0 heterocycles. The lowest BCUT2D eigenvalue weighted by atomic mass is 10.1. The van der Waals surface area contributed by atoms with E-state index >= 15 is 0 Å². The molecule has 15 heavy (non-hydrogen) atoms. The van der Waals surface area contributed by atoms with Crippen LogP contribution < -0.4 is 10.6 Å². The van der Waals surface area contributed by atoms with Crippen molar-refractivity contribution < 1.29 is 0 Å². The summed E-state index contributed by atoms with van der Waals surface area (Å²) in [6.07, 6.45) is 0. The van der Waals surface area contributed by atoms with E-state index in [1.807, 2.05) is 0 Å². The van der Waals surface area contributed by atoms with E-state index < -0.39 is 0 Å². The molecule has 84 valence electrons. The van der Waals surface area contributed by atoms with Crippen LogP contribution in [0.3, 0.4) is 0 Å². The maximum atomic E-state index is 3.45. The van der Waals surface area contributed by atoms with Crippen LogP contribution in [0.2, 0.25) is 0 Å². The Morgan fingerprint density at radius 2 is 1.87 bits per heavy atom. The van der Waals surface area contributed by atoms with Gasteiger partial charge >= 0.3 is 0 Å². The molecule has 0 saturated carbocycles. The molecule has 0 unspecified atom stereocenters. The molecule has 1 aromatic carbocycles. The van der Waals surface area contributed by atoms with E-state index in [9.17, 15) is 0 Å². The lowest BCUT2D eigenvalue weighted by molar-refractivity contribution is 0.602. The Labute approximate surface area is 93.1 Å². The Kier molecular flexibility index (Phi) is 4.63. The van der Waals surface area contributed by atoms with Crippen LogP contribution in [-0.4, -0.2) is 19.1 Å². The molecule has 0 saturated heterocycles. The molecular weight excluding hydrogens is 184 g/mol. The van der Waals surface area contributed by atoms with Crippen molar-refractivity contribution in [3.63, 3.8) is 0 Å². The van der Waals surface area contributed by atoms with Crippen molar-refractivity contribution in [1.29, 1.82) is 0 Å². The molecule has 0 amide bonds. The minimum absolute atomic E-state index is 0.561. The normalized spacial score (nSPS) is 10.7. The Morgan fingerprint density at radius 3 is 2.53 bits per heavy atom. The summed E-state index contributed by atoms with van der Waals surface area (Å²) in [4.78, 5) is 0. The number of nitrogens with one attached hydrogen (secondary N) is 2. The summed E-state index contributed by atoms with van der Waals surface area (Å²) in [5, 5.41) is 6.83. The van der Waals surface area contributed by atoms with Crippen LogP contribution >= 0.6 is 0 Å². The van der Waals surface area contributed by atoms with Gasteiger partial charge in [-0.2, -0.15) is 0 Å². The predicted molar refractivity (Wildman–Crippen MR) is 67.5 cm³/mol. The van der Waals surface area contributed by atoms with Gasteiger partial charge in [-0.05, 0) is 31.0 Å². The number of hydrogen-bond donors (Lipinski definition) is 2. The third-order valence-electron chi connectivity index (χ3n) is 2.60. The highest BCUT2D eigenvalue weighted by molar-refractivity contribution is 5.53. The summed E-state index contributed by atoms with van der Waals surface area (Å²) in [6.45, 7) is 10.6. The fourth-order valence-electron chi connectivity index (χ4n) is 1.50. The maximum absolute atomic E-state index is 3.45. The minimum Gasteiger partial charge on any atom is -0.384 e. The second-order valence-electron chi connectivity index (χ2n) is 4.28. The van der Waals surface area contributed by atoms with Crippen LogP contribution in [0.5, 0.6) is 0 Å². The molecule has 0 radical (unpaired) electrons. The van der Waals surface area contributed by atoms with Crippen molar-refractivity contribution in [3.8, 4) is 0 Å². The third-order valence-corrected chi connectivity index (χ3v) is 2.60. The van der Waals surface area contributed by atoms with Gasteiger partial charge in [0, 0.05) is 24.8 Å².